The molecule has 1 saturated heterocycles. The van der Waals surface area contributed by atoms with Gasteiger partial charge in [-0.1, -0.05) is 12.1 Å². The molecule has 2 aliphatic rings. The standard InChI is InChI=1S/C31H41N3O4/c1-7-33(8-2)22-13-15-25(28(19-22)36-11-5)31(27-21-38-30(35)24(27)17-18-32-31)26-16-14-23(34(9-3)10-4)20-29(26)37-12-6/h13-20,27H,7-12,21H2,1-6H3. The van der Waals surface area contributed by atoms with Crippen LogP contribution in [0.1, 0.15) is 52.7 Å². The molecule has 0 aliphatic carbocycles. The molecular formula is C31H41N3O4. The van der Waals surface area contributed by atoms with E-state index in [4.69, 9.17) is 19.2 Å². The van der Waals surface area contributed by atoms with Crippen LogP contribution in [0.15, 0.2) is 53.0 Å². The molecule has 0 radical (unpaired) electrons. The second kappa shape index (κ2) is 11.9. The molecule has 204 valence electrons. The SMILES string of the molecule is CCOc1cc(N(CC)CC)ccc1C1(c2ccc(N(CC)CC)cc2OCC)N=CC=C2C(=O)OCC21. The van der Waals surface area contributed by atoms with Crippen LogP contribution in [0.2, 0.25) is 0 Å². The summed E-state index contributed by atoms with van der Waals surface area (Å²) < 4.78 is 18.2. The van der Waals surface area contributed by atoms with Gasteiger partial charge in [-0.05, 0) is 59.8 Å². The topological polar surface area (TPSA) is 63.6 Å². The first kappa shape index (κ1) is 27.6. The number of fused-ring (bicyclic) bond motifs is 1. The monoisotopic (exact) mass is 519 g/mol. The number of benzene rings is 2. The molecule has 1 fully saturated rings. The Labute approximate surface area is 227 Å². The Morgan fingerprint density at radius 3 is 1.79 bits per heavy atom. The van der Waals surface area contributed by atoms with Gasteiger partial charge in [0.25, 0.3) is 0 Å². The van der Waals surface area contributed by atoms with Crippen LogP contribution in [0.25, 0.3) is 0 Å². The number of rotatable bonds is 12. The lowest BCUT2D eigenvalue weighted by Gasteiger charge is -2.39. The molecule has 0 saturated carbocycles. The van der Waals surface area contributed by atoms with E-state index >= 15 is 0 Å². The summed E-state index contributed by atoms with van der Waals surface area (Å²) in [6, 6.07) is 12.7. The summed E-state index contributed by atoms with van der Waals surface area (Å²) in [4.78, 5) is 22.6. The van der Waals surface area contributed by atoms with Crippen molar-refractivity contribution in [1.29, 1.82) is 0 Å². The molecule has 0 N–H and O–H groups in total. The Morgan fingerprint density at radius 1 is 0.842 bits per heavy atom. The first-order valence-electron chi connectivity index (χ1n) is 14.0. The number of ether oxygens (including phenoxy) is 3. The zero-order valence-electron chi connectivity index (χ0n) is 23.6. The highest BCUT2D eigenvalue weighted by Gasteiger charge is 2.53. The van der Waals surface area contributed by atoms with Crippen molar-refractivity contribution in [2.24, 2.45) is 10.9 Å². The van der Waals surface area contributed by atoms with E-state index in [2.05, 4.69) is 73.9 Å². The highest BCUT2D eigenvalue weighted by atomic mass is 16.5. The Hall–Kier alpha value is -3.48. The van der Waals surface area contributed by atoms with E-state index in [9.17, 15) is 4.79 Å². The molecule has 2 aliphatic heterocycles. The van der Waals surface area contributed by atoms with Gasteiger partial charge in [0, 0.05) is 72.6 Å². The van der Waals surface area contributed by atoms with Crippen molar-refractivity contribution in [3.8, 4) is 11.5 Å². The lowest BCUT2D eigenvalue weighted by Crippen LogP contribution is -2.39. The summed E-state index contributed by atoms with van der Waals surface area (Å²) >= 11 is 0. The first-order chi connectivity index (χ1) is 18.5. The number of nitrogens with zero attached hydrogens (tertiary/aromatic N) is 3. The second-order valence-electron chi connectivity index (χ2n) is 9.39. The van der Waals surface area contributed by atoms with E-state index in [1.165, 1.54) is 0 Å². The number of carbonyl (C=O) groups excluding carboxylic acids is 1. The van der Waals surface area contributed by atoms with Gasteiger partial charge in [0.15, 0.2) is 0 Å². The van der Waals surface area contributed by atoms with Gasteiger partial charge in [-0.3, -0.25) is 4.99 Å². The van der Waals surface area contributed by atoms with Gasteiger partial charge >= 0.3 is 5.97 Å². The largest absolute Gasteiger partial charge is 0.493 e. The van der Waals surface area contributed by atoms with Crippen molar-refractivity contribution in [3.05, 3.63) is 59.2 Å². The molecule has 0 amide bonds. The van der Waals surface area contributed by atoms with Gasteiger partial charge in [-0.2, -0.15) is 0 Å². The quantitative estimate of drug-likeness (QED) is 0.340. The molecule has 4 rings (SSSR count). The maximum Gasteiger partial charge on any atom is 0.334 e. The minimum atomic E-state index is -0.950. The lowest BCUT2D eigenvalue weighted by molar-refractivity contribution is -0.135. The average Bonchev–Trinajstić information content (AvgIpc) is 3.32. The number of aliphatic imine (C=N–C) groups is 1. The molecule has 38 heavy (non-hydrogen) atoms. The average molecular weight is 520 g/mol. The predicted octanol–water partition coefficient (Wildman–Crippen LogP) is 5.60. The van der Waals surface area contributed by atoms with Crippen molar-refractivity contribution in [3.63, 3.8) is 0 Å². The number of cyclic esters (lactones) is 1. The highest BCUT2D eigenvalue weighted by molar-refractivity contribution is 5.98. The van der Waals surface area contributed by atoms with Gasteiger partial charge in [0.05, 0.1) is 19.1 Å². The third-order valence-electron chi connectivity index (χ3n) is 7.64. The van der Waals surface area contributed by atoms with Crippen LogP contribution in [-0.2, 0) is 15.1 Å². The van der Waals surface area contributed by atoms with Gasteiger partial charge in [0.1, 0.15) is 23.6 Å². The minimum Gasteiger partial charge on any atom is -0.493 e. The molecule has 2 aromatic rings. The van der Waals surface area contributed by atoms with Crippen LogP contribution in [0.5, 0.6) is 11.5 Å². The van der Waals surface area contributed by atoms with Gasteiger partial charge in [0.2, 0.25) is 0 Å². The fraction of sp³-hybridized carbons (Fsp3) is 0.484. The lowest BCUT2D eigenvalue weighted by atomic mass is 9.69. The first-order valence-corrected chi connectivity index (χ1v) is 14.0. The maximum atomic E-state index is 12.8. The number of dihydropyridines is 1. The highest BCUT2D eigenvalue weighted by Crippen LogP contribution is 2.54. The Kier molecular flexibility index (Phi) is 8.65. The summed E-state index contributed by atoms with van der Waals surface area (Å²) in [6.45, 7) is 17.4. The normalized spacial score (nSPS) is 17.5. The van der Waals surface area contributed by atoms with Gasteiger partial charge in [-0.25, -0.2) is 4.79 Å². The number of hydrogen-bond donors (Lipinski definition) is 0. The molecule has 7 nitrogen and oxygen atoms in total. The van der Waals surface area contributed by atoms with Crippen LogP contribution in [0.4, 0.5) is 11.4 Å². The molecule has 7 heteroatoms. The van der Waals surface area contributed by atoms with Crippen LogP contribution >= 0.6 is 0 Å². The summed E-state index contributed by atoms with van der Waals surface area (Å²) in [5, 5.41) is 0. The van der Waals surface area contributed by atoms with Crippen molar-refractivity contribution < 1.29 is 19.0 Å². The number of esters is 1. The van der Waals surface area contributed by atoms with Crippen molar-refractivity contribution in [2.45, 2.75) is 47.1 Å². The van der Waals surface area contributed by atoms with Crippen LogP contribution in [0, 0.1) is 5.92 Å². The predicted molar refractivity (Wildman–Crippen MR) is 154 cm³/mol. The number of allylic oxidation sites excluding steroid dienone is 1. The molecule has 0 spiro atoms. The maximum absolute atomic E-state index is 12.8. The summed E-state index contributed by atoms with van der Waals surface area (Å²) in [7, 11) is 0. The van der Waals surface area contributed by atoms with Crippen LogP contribution in [-0.4, -0.2) is 58.2 Å². The molecule has 0 bridgehead atoms. The molecule has 2 aromatic carbocycles. The van der Waals surface area contributed by atoms with E-state index in [-0.39, 0.29) is 18.5 Å². The van der Waals surface area contributed by atoms with Crippen LogP contribution in [0.3, 0.4) is 0 Å². The van der Waals surface area contributed by atoms with Crippen molar-refractivity contribution >= 4 is 23.6 Å². The van der Waals surface area contributed by atoms with Crippen LogP contribution < -0.4 is 19.3 Å². The molecule has 0 aromatic heterocycles. The molecule has 1 unspecified atom stereocenters. The third kappa shape index (κ3) is 4.74. The third-order valence-corrected chi connectivity index (χ3v) is 7.64. The number of carbonyl (C=O) groups is 1. The zero-order chi connectivity index (χ0) is 27.3. The molecular weight excluding hydrogens is 478 g/mol. The van der Waals surface area contributed by atoms with E-state index < -0.39 is 5.54 Å². The Balaban J connectivity index is 2.00. The Bertz CT molecular complexity index is 1130. The minimum absolute atomic E-state index is 0.245. The summed E-state index contributed by atoms with van der Waals surface area (Å²) in [5.41, 5.74) is 3.66. The Morgan fingerprint density at radius 2 is 1.34 bits per heavy atom. The smallest absolute Gasteiger partial charge is 0.334 e. The fourth-order valence-corrected chi connectivity index (χ4v) is 5.76. The zero-order valence-corrected chi connectivity index (χ0v) is 23.6. The summed E-state index contributed by atoms with van der Waals surface area (Å²) in [5.74, 6) is 0.910. The number of anilines is 2. The molecule has 1 atom stereocenters. The van der Waals surface area contributed by atoms with Crippen molar-refractivity contribution in [2.75, 3.05) is 55.8 Å². The number of hydrogen-bond acceptors (Lipinski definition) is 7. The van der Waals surface area contributed by atoms with E-state index in [1.54, 1.807) is 12.3 Å². The second-order valence-corrected chi connectivity index (χ2v) is 9.39. The van der Waals surface area contributed by atoms with Gasteiger partial charge < -0.3 is 24.0 Å². The van der Waals surface area contributed by atoms with Crippen molar-refractivity contribution in [1.82, 2.24) is 0 Å². The van der Waals surface area contributed by atoms with E-state index in [1.807, 2.05) is 13.8 Å². The van der Waals surface area contributed by atoms with Gasteiger partial charge in [-0.15, -0.1) is 0 Å². The van der Waals surface area contributed by atoms with E-state index in [0.29, 0.717) is 18.8 Å². The van der Waals surface area contributed by atoms with E-state index in [0.717, 1.165) is 60.2 Å². The molecule has 2 heterocycles. The fourth-order valence-electron chi connectivity index (χ4n) is 5.76. The summed E-state index contributed by atoms with van der Waals surface area (Å²) in [6.07, 6.45) is 3.52.